The summed E-state index contributed by atoms with van der Waals surface area (Å²) < 4.78 is 4.29. The summed E-state index contributed by atoms with van der Waals surface area (Å²) in [5.74, 6) is 2.01. The molecule has 0 radical (unpaired) electrons. The van der Waals surface area contributed by atoms with Crippen LogP contribution in [0.2, 0.25) is 0 Å². The highest BCUT2D eigenvalue weighted by atomic mass is 32.1. The van der Waals surface area contributed by atoms with Gasteiger partial charge in [0.05, 0.1) is 11.9 Å². The highest BCUT2D eigenvalue weighted by Crippen LogP contribution is 2.27. The van der Waals surface area contributed by atoms with E-state index >= 15 is 0 Å². The molecule has 180 valence electrons. The van der Waals surface area contributed by atoms with E-state index in [9.17, 15) is 5.26 Å². The number of rotatable bonds is 8. The Balaban J connectivity index is 1.49. The first-order valence-electron chi connectivity index (χ1n) is 12.1. The van der Waals surface area contributed by atoms with Gasteiger partial charge in [0, 0.05) is 31.4 Å². The Kier molecular flexibility index (Phi) is 8.22. The van der Waals surface area contributed by atoms with E-state index in [-0.39, 0.29) is 5.69 Å². The molecule has 1 aliphatic rings. The maximum atomic E-state index is 9.48. The average Bonchev–Trinajstić information content (AvgIpc) is 3.31. The number of hydrogen-bond acceptors (Lipinski definition) is 8. The number of aromatic nitrogens is 3. The molecule has 4 rings (SSSR count). The maximum Gasteiger partial charge on any atom is 0.183 e. The van der Waals surface area contributed by atoms with Gasteiger partial charge in [0.15, 0.2) is 11.5 Å². The number of nitrogens with one attached hydrogen (secondary N) is 1. The molecule has 2 atom stereocenters. The molecule has 1 aromatic carbocycles. The smallest absolute Gasteiger partial charge is 0.183 e. The predicted octanol–water partition coefficient (Wildman–Crippen LogP) is 6.23. The highest BCUT2D eigenvalue weighted by Gasteiger charge is 2.21. The molecule has 1 fully saturated rings. The average molecular weight is 486 g/mol. The van der Waals surface area contributed by atoms with E-state index in [1.165, 1.54) is 22.7 Å². The van der Waals surface area contributed by atoms with Gasteiger partial charge in [-0.25, -0.2) is 9.97 Å². The van der Waals surface area contributed by atoms with Gasteiger partial charge in [-0.2, -0.15) is 9.64 Å². The van der Waals surface area contributed by atoms with Gasteiger partial charge >= 0.3 is 0 Å². The number of aliphatic imine (C=N–C) groups is 1. The van der Waals surface area contributed by atoms with Crippen molar-refractivity contribution in [2.24, 2.45) is 16.8 Å². The van der Waals surface area contributed by atoms with E-state index in [4.69, 9.17) is 9.98 Å². The SMILES string of the molecule is CCC(C)/C(=C\N=CC1CCCN(c2cnc(C#N)c(Nc3cc(C)ns3)n2)C1)c1ccccc1. The fourth-order valence-corrected chi connectivity index (χ4v) is 4.82. The zero-order valence-corrected chi connectivity index (χ0v) is 21.3. The topological polar surface area (TPSA) is 90.1 Å². The normalized spacial score (nSPS) is 17.4. The fourth-order valence-electron chi connectivity index (χ4n) is 4.16. The predicted molar refractivity (Wildman–Crippen MR) is 144 cm³/mol. The second-order valence-corrected chi connectivity index (χ2v) is 9.71. The van der Waals surface area contributed by atoms with Gasteiger partial charge in [-0.1, -0.05) is 44.2 Å². The van der Waals surface area contributed by atoms with Crippen molar-refractivity contribution in [1.82, 2.24) is 14.3 Å². The first-order valence-corrected chi connectivity index (χ1v) is 12.9. The summed E-state index contributed by atoms with van der Waals surface area (Å²) in [6, 6.07) is 14.6. The van der Waals surface area contributed by atoms with E-state index in [1.807, 2.05) is 25.3 Å². The van der Waals surface area contributed by atoms with Crippen LogP contribution in [0.3, 0.4) is 0 Å². The quantitative estimate of drug-likeness (QED) is 0.380. The van der Waals surface area contributed by atoms with E-state index in [2.05, 4.69) is 70.0 Å². The number of aryl methyl sites for hydroxylation is 1. The first kappa shape index (κ1) is 24.6. The second kappa shape index (κ2) is 11.7. The van der Waals surface area contributed by atoms with Crippen molar-refractivity contribution in [2.45, 2.75) is 40.0 Å². The third-order valence-electron chi connectivity index (χ3n) is 6.28. The second-order valence-electron chi connectivity index (χ2n) is 8.90. The molecule has 2 aromatic heterocycles. The molecule has 3 aromatic rings. The number of anilines is 3. The summed E-state index contributed by atoms with van der Waals surface area (Å²) in [6.07, 6.45) is 9.01. The number of benzene rings is 1. The van der Waals surface area contributed by atoms with Crippen molar-refractivity contribution in [3.05, 3.63) is 65.7 Å². The Hall–Kier alpha value is -3.57. The largest absolute Gasteiger partial charge is 0.355 e. The fraction of sp³-hybridized carbons (Fsp3) is 0.370. The Morgan fingerprint density at radius 2 is 2.20 bits per heavy atom. The van der Waals surface area contributed by atoms with Crippen LogP contribution in [-0.4, -0.2) is 33.6 Å². The Bertz CT molecular complexity index is 1230. The van der Waals surface area contributed by atoms with E-state index in [0.29, 0.717) is 17.7 Å². The Morgan fingerprint density at radius 1 is 1.37 bits per heavy atom. The molecule has 2 unspecified atom stereocenters. The standard InChI is InChI=1S/C27H31N7S/c1-4-19(2)23(22-10-6-5-7-11-22)16-29-15-21-9-8-12-34(18-21)25-17-30-24(14-28)27(31-25)32-26-13-20(3)33-35-26/h5-7,10-11,13,15-17,19,21H,4,8-9,12,18H2,1-3H3,(H,31,32)/b23-16+,29-15?. The van der Waals surface area contributed by atoms with Crippen LogP contribution < -0.4 is 10.2 Å². The molecular weight excluding hydrogens is 454 g/mol. The molecule has 0 amide bonds. The third kappa shape index (κ3) is 6.31. The van der Waals surface area contributed by atoms with Crippen LogP contribution in [0.4, 0.5) is 16.6 Å². The van der Waals surface area contributed by atoms with Crippen LogP contribution in [0, 0.1) is 30.1 Å². The lowest BCUT2D eigenvalue weighted by Gasteiger charge is -2.31. The monoisotopic (exact) mass is 485 g/mol. The lowest BCUT2D eigenvalue weighted by atomic mass is 9.93. The molecule has 1 aliphatic heterocycles. The van der Waals surface area contributed by atoms with E-state index in [1.54, 1.807) is 6.20 Å². The van der Waals surface area contributed by atoms with Crippen molar-refractivity contribution in [1.29, 1.82) is 5.26 Å². The molecular formula is C27H31N7S. The van der Waals surface area contributed by atoms with Crippen molar-refractivity contribution >= 4 is 40.0 Å². The number of nitriles is 1. The molecule has 35 heavy (non-hydrogen) atoms. The summed E-state index contributed by atoms with van der Waals surface area (Å²) in [6.45, 7) is 8.12. The van der Waals surface area contributed by atoms with E-state index < -0.39 is 0 Å². The minimum atomic E-state index is 0.276. The molecule has 7 nitrogen and oxygen atoms in total. The lowest BCUT2D eigenvalue weighted by Crippen LogP contribution is -2.36. The first-order chi connectivity index (χ1) is 17.1. The van der Waals surface area contributed by atoms with Crippen LogP contribution in [0.25, 0.3) is 5.57 Å². The minimum Gasteiger partial charge on any atom is -0.355 e. The zero-order valence-electron chi connectivity index (χ0n) is 20.5. The van der Waals surface area contributed by atoms with Crippen LogP contribution in [0.5, 0.6) is 0 Å². The molecule has 0 spiro atoms. The van der Waals surface area contributed by atoms with Crippen LogP contribution >= 0.6 is 11.5 Å². The highest BCUT2D eigenvalue weighted by molar-refractivity contribution is 7.10. The molecule has 0 bridgehead atoms. The Labute approximate surface area is 211 Å². The van der Waals surface area contributed by atoms with Crippen LogP contribution in [0.15, 0.2) is 53.8 Å². The molecule has 0 saturated carbocycles. The molecule has 8 heteroatoms. The number of hydrogen-bond donors (Lipinski definition) is 1. The maximum absolute atomic E-state index is 9.48. The van der Waals surface area contributed by atoms with Gasteiger partial charge in [-0.3, -0.25) is 4.99 Å². The molecule has 1 N–H and O–H groups in total. The number of allylic oxidation sites excluding steroid dienone is 1. The third-order valence-corrected chi connectivity index (χ3v) is 7.07. The number of piperidine rings is 1. The molecule has 0 aliphatic carbocycles. The van der Waals surface area contributed by atoms with Crippen molar-refractivity contribution in [3.63, 3.8) is 0 Å². The van der Waals surface area contributed by atoms with Crippen molar-refractivity contribution < 1.29 is 0 Å². The lowest BCUT2D eigenvalue weighted by molar-refractivity contribution is 0.510. The minimum absolute atomic E-state index is 0.276. The Morgan fingerprint density at radius 3 is 2.91 bits per heavy atom. The van der Waals surface area contributed by atoms with Gasteiger partial charge in [-0.05, 0) is 60.8 Å². The van der Waals surface area contributed by atoms with Gasteiger partial charge in [0.2, 0.25) is 0 Å². The van der Waals surface area contributed by atoms with Crippen LogP contribution in [0.1, 0.15) is 50.1 Å². The van der Waals surface area contributed by atoms with Crippen molar-refractivity contribution in [2.75, 3.05) is 23.3 Å². The van der Waals surface area contributed by atoms with Gasteiger partial charge < -0.3 is 10.2 Å². The van der Waals surface area contributed by atoms with Crippen LogP contribution in [-0.2, 0) is 0 Å². The molecule has 3 heterocycles. The summed E-state index contributed by atoms with van der Waals surface area (Å²) in [5, 5.41) is 13.5. The van der Waals surface area contributed by atoms with Gasteiger partial charge in [0.1, 0.15) is 16.9 Å². The van der Waals surface area contributed by atoms with Gasteiger partial charge in [-0.15, -0.1) is 0 Å². The zero-order chi connectivity index (χ0) is 24.6. The summed E-state index contributed by atoms with van der Waals surface area (Å²) in [7, 11) is 0. The summed E-state index contributed by atoms with van der Waals surface area (Å²) in [5.41, 5.74) is 3.70. The van der Waals surface area contributed by atoms with Crippen molar-refractivity contribution in [3.8, 4) is 6.07 Å². The van der Waals surface area contributed by atoms with Gasteiger partial charge in [0.25, 0.3) is 0 Å². The number of nitrogens with zero attached hydrogens (tertiary/aromatic N) is 6. The van der Waals surface area contributed by atoms with E-state index in [0.717, 1.165) is 48.9 Å². The summed E-state index contributed by atoms with van der Waals surface area (Å²) >= 11 is 1.34. The molecule has 1 saturated heterocycles. The summed E-state index contributed by atoms with van der Waals surface area (Å²) in [4.78, 5) is 16.1.